The summed E-state index contributed by atoms with van der Waals surface area (Å²) in [6, 6.07) is 13.1. The number of aromatic nitrogens is 4. The minimum absolute atomic E-state index is 0.0896. The van der Waals surface area contributed by atoms with E-state index in [1.807, 2.05) is 54.0 Å². The van der Waals surface area contributed by atoms with Gasteiger partial charge in [-0.25, -0.2) is 0 Å². The summed E-state index contributed by atoms with van der Waals surface area (Å²) < 4.78 is 2.01. The molecule has 0 radical (unpaired) electrons. The molecule has 2 aromatic heterocycles. The molecule has 3 rings (SSSR count). The number of ketones is 1. The molecule has 0 aliphatic heterocycles. The normalized spacial score (nSPS) is 10.7. The van der Waals surface area contributed by atoms with Crippen molar-refractivity contribution in [3.63, 3.8) is 0 Å². The zero-order chi connectivity index (χ0) is 16.1. The van der Waals surface area contributed by atoms with E-state index in [2.05, 4.69) is 15.2 Å². The van der Waals surface area contributed by atoms with E-state index in [0.717, 1.165) is 28.7 Å². The third kappa shape index (κ3) is 3.48. The van der Waals surface area contributed by atoms with Gasteiger partial charge in [-0.3, -0.25) is 9.78 Å². The lowest BCUT2D eigenvalue weighted by Gasteiger charge is -2.07. The topological polar surface area (TPSA) is 60.7 Å². The Bertz CT molecular complexity index is 787. The third-order valence-electron chi connectivity index (χ3n) is 3.40. The average molecular weight is 324 g/mol. The van der Waals surface area contributed by atoms with Gasteiger partial charge in [0.05, 0.1) is 5.75 Å². The lowest BCUT2D eigenvalue weighted by atomic mass is 10.2. The number of carbonyl (C=O) groups excluding carboxylic acids is 1. The molecule has 0 aliphatic carbocycles. The van der Waals surface area contributed by atoms with E-state index in [9.17, 15) is 4.79 Å². The summed E-state index contributed by atoms with van der Waals surface area (Å²) in [5.41, 5.74) is 1.69. The largest absolute Gasteiger partial charge is 0.302 e. The molecule has 0 atom stereocenters. The minimum Gasteiger partial charge on any atom is -0.302 e. The number of thioether (sulfide) groups is 1. The molecule has 0 bridgehead atoms. The van der Waals surface area contributed by atoms with Crippen molar-refractivity contribution in [2.45, 2.75) is 18.6 Å². The molecule has 0 aliphatic rings. The highest BCUT2D eigenvalue weighted by Gasteiger charge is 2.15. The van der Waals surface area contributed by atoms with Crippen LogP contribution in [0.5, 0.6) is 0 Å². The Morgan fingerprint density at radius 3 is 2.52 bits per heavy atom. The quantitative estimate of drug-likeness (QED) is 0.514. The Balaban J connectivity index is 1.76. The Morgan fingerprint density at radius 1 is 1.09 bits per heavy atom. The summed E-state index contributed by atoms with van der Waals surface area (Å²) in [5.74, 6) is 1.23. The van der Waals surface area contributed by atoms with Crippen molar-refractivity contribution in [1.29, 1.82) is 0 Å². The molecule has 3 aromatic rings. The molecule has 23 heavy (non-hydrogen) atoms. The van der Waals surface area contributed by atoms with E-state index < -0.39 is 0 Å². The number of carbonyl (C=O) groups is 1. The van der Waals surface area contributed by atoms with Crippen molar-refractivity contribution in [3.8, 4) is 11.4 Å². The van der Waals surface area contributed by atoms with Gasteiger partial charge in [-0.1, -0.05) is 42.1 Å². The number of benzene rings is 1. The van der Waals surface area contributed by atoms with Gasteiger partial charge >= 0.3 is 0 Å². The van der Waals surface area contributed by atoms with E-state index in [-0.39, 0.29) is 5.78 Å². The summed E-state index contributed by atoms with van der Waals surface area (Å²) in [6.45, 7) is 2.78. The first kappa shape index (κ1) is 15.4. The number of hydrogen-bond acceptors (Lipinski definition) is 5. The summed E-state index contributed by atoms with van der Waals surface area (Å²) in [5, 5.41) is 9.25. The summed E-state index contributed by atoms with van der Waals surface area (Å²) in [7, 11) is 0. The minimum atomic E-state index is 0.0896. The fourth-order valence-electron chi connectivity index (χ4n) is 2.23. The van der Waals surface area contributed by atoms with Crippen molar-refractivity contribution in [1.82, 2.24) is 19.7 Å². The molecule has 1 aromatic carbocycles. The SMILES string of the molecule is CCn1c(SCC(=O)c2ccccc2)nnc1-c1ccncc1. The summed E-state index contributed by atoms with van der Waals surface area (Å²) in [4.78, 5) is 16.2. The number of pyridine rings is 1. The third-order valence-corrected chi connectivity index (χ3v) is 4.37. The molecule has 2 heterocycles. The van der Waals surface area contributed by atoms with Crippen molar-refractivity contribution in [3.05, 3.63) is 60.4 Å². The van der Waals surface area contributed by atoms with Gasteiger partial charge in [0.25, 0.3) is 0 Å². The Morgan fingerprint density at radius 2 is 1.83 bits per heavy atom. The molecule has 0 amide bonds. The van der Waals surface area contributed by atoms with E-state index in [1.54, 1.807) is 12.4 Å². The van der Waals surface area contributed by atoms with Gasteiger partial charge in [0.1, 0.15) is 0 Å². The first-order valence-electron chi connectivity index (χ1n) is 7.34. The van der Waals surface area contributed by atoms with E-state index in [0.29, 0.717) is 5.75 Å². The maximum atomic E-state index is 12.2. The summed E-state index contributed by atoms with van der Waals surface area (Å²) in [6.07, 6.45) is 3.46. The van der Waals surface area contributed by atoms with Crippen LogP contribution in [-0.4, -0.2) is 31.3 Å². The lowest BCUT2D eigenvalue weighted by Crippen LogP contribution is -2.05. The zero-order valence-electron chi connectivity index (χ0n) is 12.7. The predicted molar refractivity (Wildman–Crippen MR) is 90.4 cm³/mol. The van der Waals surface area contributed by atoms with Crippen LogP contribution in [0.4, 0.5) is 0 Å². The van der Waals surface area contributed by atoms with Gasteiger partial charge < -0.3 is 4.57 Å². The molecule has 0 saturated carbocycles. The van der Waals surface area contributed by atoms with Gasteiger partial charge in [-0.05, 0) is 19.1 Å². The highest BCUT2D eigenvalue weighted by molar-refractivity contribution is 7.99. The van der Waals surface area contributed by atoms with Crippen molar-refractivity contribution in [2.75, 3.05) is 5.75 Å². The van der Waals surface area contributed by atoms with Crippen LogP contribution >= 0.6 is 11.8 Å². The summed E-state index contributed by atoms with van der Waals surface area (Å²) >= 11 is 1.41. The first-order valence-corrected chi connectivity index (χ1v) is 8.32. The molecule has 0 spiro atoms. The zero-order valence-corrected chi connectivity index (χ0v) is 13.5. The van der Waals surface area contributed by atoms with Crippen LogP contribution in [-0.2, 0) is 6.54 Å². The van der Waals surface area contributed by atoms with Gasteiger partial charge in [0, 0.05) is 30.1 Å². The number of hydrogen-bond donors (Lipinski definition) is 0. The number of rotatable bonds is 6. The van der Waals surface area contributed by atoms with E-state index >= 15 is 0 Å². The highest BCUT2D eigenvalue weighted by atomic mass is 32.2. The van der Waals surface area contributed by atoms with Gasteiger partial charge in [-0.15, -0.1) is 10.2 Å². The molecular weight excluding hydrogens is 308 g/mol. The van der Waals surface area contributed by atoms with Crippen LogP contribution in [0.1, 0.15) is 17.3 Å². The molecule has 0 fully saturated rings. The van der Waals surface area contributed by atoms with Crippen LogP contribution in [0.25, 0.3) is 11.4 Å². The fraction of sp³-hybridized carbons (Fsp3) is 0.176. The smallest absolute Gasteiger partial charge is 0.191 e. The highest BCUT2D eigenvalue weighted by Crippen LogP contribution is 2.24. The first-order chi connectivity index (χ1) is 11.3. The van der Waals surface area contributed by atoms with Crippen molar-refractivity contribution < 1.29 is 4.79 Å². The predicted octanol–water partition coefficient (Wildman–Crippen LogP) is 3.34. The van der Waals surface area contributed by atoms with Crippen LogP contribution in [0, 0.1) is 0 Å². The Kier molecular flexibility index (Phi) is 4.83. The van der Waals surface area contributed by atoms with Gasteiger partial charge in [0.15, 0.2) is 16.8 Å². The monoisotopic (exact) mass is 324 g/mol. The Hall–Kier alpha value is -2.47. The second-order valence-corrected chi connectivity index (χ2v) is 5.81. The fourth-order valence-corrected chi connectivity index (χ4v) is 3.13. The molecular formula is C17H16N4OS. The molecule has 6 heteroatoms. The maximum Gasteiger partial charge on any atom is 0.191 e. The van der Waals surface area contributed by atoms with Crippen LogP contribution in [0.15, 0.2) is 60.0 Å². The second-order valence-electron chi connectivity index (χ2n) is 4.86. The molecule has 116 valence electrons. The molecule has 5 nitrogen and oxygen atoms in total. The van der Waals surface area contributed by atoms with Gasteiger partial charge in [0.2, 0.25) is 0 Å². The lowest BCUT2D eigenvalue weighted by molar-refractivity contribution is 0.102. The number of Topliss-reactive ketones (excluding diaryl/α,β-unsaturated/α-hetero) is 1. The van der Waals surface area contributed by atoms with E-state index in [4.69, 9.17) is 0 Å². The molecule has 0 saturated heterocycles. The second kappa shape index (κ2) is 7.19. The maximum absolute atomic E-state index is 12.2. The Labute approximate surface area is 138 Å². The number of nitrogens with zero attached hydrogens (tertiary/aromatic N) is 4. The van der Waals surface area contributed by atoms with Crippen LogP contribution in [0.2, 0.25) is 0 Å². The standard InChI is InChI=1S/C17H16N4OS/c1-2-21-16(14-8-10-18-11-9-14)19-20-17(21)23-12-15(22)13-6-4-3-5-7-13/h3-11H,2,12H2,1H3. The van der Waals surface area contributed by atoms with Gasteiger partial charge in [-0.2, -0.15) is 0 Å². The van der Waals surface area contributed by atoms with Crippen molar-refractivity contribution >= 4 is 17.5 Å². The van der Waals surface area contributed by atoms with Crippen LogP contribution in [0.3, 0.4) is 0 Å². The van der Waals surface area contributed by atoms with E-state index in [1.165, 1.54) is 11.8 Å². The molecule has 0 unspecified atom stereocenters. The van der Waals surface area contributed by atoms with Crippen LogP contribution < -0.4 is 0 Å². The average Bonchev–Trinajstić information content (AvgIpc) is 3.04. The van der Waals surface area contributed by atoms with Crippen molar-refractivity contribution in [2.24, 2.45) is 0 Å². The molecule has 0 N–H and O–H groups in total.